The van der Waals surface area contributed by atoms with Crippen LogP contribution in [0.3, 0.4) is 0 Å². The highest BCUT2D eigenvalue weighted by Crippen LogP contribution is 2.26. The van der Waals surface area contributed by atoms with Crippen molar-refractivity contribution < 1.29 is 14.3 Å². The molecule has 1 aromatic heterocycles. The third-order valence-electron chi connectivity index (χ3n) is 3.92. The molecule has 0 aliphatic carbocycles. The molecule has 1 aliphatic rings. The Morgan fingerprint density at radius 1 is 1.35 bits per heavy atom. The maximum absolute atomic E-state index is 12.1. The van der Waals surface area contributed by atoms with Gasteiger partial charge in [0.1, 0.15) is 11.3 Å². The average molecular weight is 385 g/mol. The number of carbonyl (C=O) groups is 1. The first kappa shape index (κ1) is 20.6. The van der Waals surface area contributed by atoms with Gasteiger partial charge in [0, 0.05) is 25.7 Å². The fraction of sp³-hybridized carbons (Fsp3) is 0.722. The van der Waals surface area contributed by atoms with E-state index in [0.717, 1.165) is 25.1 Å². The van der Waals surface area contributed by atoms with Crippen LogP contribution in [0.15, 0.2) is 6.07 Å². The molecule has 0 saturated carbocycles. The summed E-state index contributed by atoms with van der Waals surface area (Å²) in [5.74, 6) is 0.906. The summed E-state index contributed by atoms with van der Waals surface area (Å²) in [7, 11) is 0. The largest absolute Gasteiger partial charge is 0.472 e. The number of likely N-dealkylation sites (tertiary alicyclic amines) is 1. The van der Waals surface area contributed by atoms with E-state index in [4.69, 9.17) is 21.1 Å². The zero-order chi connectivity index (χ0) is 19.3. The number of aromatic nitrogens is 2. The van der Waals surface area contributed by atoms with Crippen LogP contribution in [0.25, 0.3) is 0 Å². The molecule has 0 radical (unpaired) electrons. The van der Waals surface area contributed by atoms with E-state index in [9.17, 15) is 4.79 Å². The van der Waals surface area contributed by atoms with Crippen molar-refractivity contribution in [3.8, 4) is 5.88 Å². The minimum absolute atomic E-state index is 0.00286. The van der Waals surface area contributed by atoms with E-state index in [0.29, 0.717) is 30.0 Å². The van der Waals surface area contributed by atoms with Crippen molar-refractivity contribution in [1.29, 1.82) is 0 Å². The standard InChI is InChI=1S/C18H29ClN4O3/c1-12(2)25-16-14(10-15(19)21-22-16)20-11-13-6-8-23(9-7-13)17(24)26-18(3,4)5/h10,12-13H,6-9,11H2,1-5H3,(H,20,21). The van der Waals surface area contributed by atoms with Crippen molar-refractivity contribution in [2.45, 2.75) is 59.2 Å². The van der Waals surface area contributed by atoms with Gasteiger partial charge in [-0.1, -0.05) is 11.6 Å². The molecule has 7 nitrogen and oxygen atoms in total. The normalized spacial score (nSPS) is 15.9. The molecule has 1 fully saturated rings. The highest BCUT2D eigenvalue weighted by molar-refractivity contribution is 6.29. The van der Waals surface area contributed by atoms with E-state index in [2.05, 4.69) is 15.5 Å². The number of nitrogens with zero attached hydrogens (tertiary/aromatic N) is 3. The van der Waals surface area contributed by atoms with Crippen LogP contribution in [0.1, 0.15) is 47.5 Å². The summed E-state index contributed by atoms with van der Waals surface area (Å²) in [5.41, 5.74) is 0.281. The summed E-state index contributed by atoms with van der Waals surface area (Å²) in [5, 5.41) is 11.5. The Bertz CT molecular complexity index is 611. The molecule has 0 aromatic carbocycles. The van der Waals surface area contributed by atoms with Gasteiger partial charge in [-0.15, -0.1) is 10.2 Å². The molecule has 1 amide bonds. The van der Waals surface area contributed by atoms with Crippen molar-refractivity contribution >= 4 is 23.4 Å². The van der Waals surface area contributed by atoms with Crippen LogP contribution in [-0.2, 0) is 4.74 Å². The molecule has 0 atom stereocenters. The Labute approximate surface area is 160 Å². The van der Waals surface area contributed by atoms with Gasteiger partial charge in [-0.05, 0) is 53.4 Å². The van der Waals surface area contributed by atoms with Crippen molar-refractivity contribution in [1.82, 2.24) is 15.1 Å². The SMILES string of the molecule is CC(C)Oc1nnc(Cl)cc1NCC1CCN(C(=O)OC(C)(C)C)CC1. The van der Waals surface area contributed by atoms with E-state index < -0.39 is 5.60 Å². The van der Waals surface area contributed by atoms with Crippen molar-refractivity contribution in [3.63, 3.8) is 0 Å². The fourth-order valence-corrected chi connectivity index (χ4v) is 2.84. The Hall–Kier alpha value is -1.76. The minimum atomic E-state index is -0.462. The molecule has 0 bridgehead atoms. The van der Waals surface area contributed by atoms with E-state index >= 15 is 0 Å². The Kier molecular flexibility index (Phi) is 6.92. The van der Waals surface area contributed by atoms with E-state index in [1.165, 1.54) is 0 Å². The van der Waals surface area contributed by atoms with Crippen LogP contribution in [0.2, 0.25) is 5.15 Å². The van der Waals surface area contributed by atoms with Crippen LogP contribution in [0, 0.1) is 5.92 Å². The minimum Gasteiger partial charge on any atom is -0.472 e. The Morgan fingerprint density at radius 3 is 2.58 bits per heavy atom. The summed E-state index contributed by atoms with van der Waals surface area (Å²) in [4.78, 5) is 13.9. The van der Waals surface area contributed by atoms with Gasteiger partial charge in [-0.25, -0.2) is 4.79 Å². The summed E-state index contributed by atoms with van der Waals surface area (Å²) in [6.07, 6.45) is 1.60. The monoisotopic (exact) mass is 384 g/mol. The summed E-state index contributed by atoms with van der Waals surface area (Å²) < 4.78 is 11.1. The van der Waals surface area contributed by atoms with Crippen molar-refractivity contribution in [2.75, 3.05) is 25.0 Å². The third kappa shape index (κ3) is 6.52. The lowest BCUT2D eigenvalue weighted by molar-refractivity contribution is 0.0188. The lowest BCUT2D eigenvalue weighted by Gasteiger charge is -2.33. The molecule has 1 aliphatic heterocycles. The van der Waals surface area contributed by atoms with Crippen molar-refractivity contribution in [2.24, 2.45) is 5.92 Å². The van der Waals surface area contributed by atoms with E-state index in [1.807, 2.05) is 34.6 Å². The van der Waals surface area contributed by atoms with Gasteiger partial charge in [0.25, 0.3) is 5.88 Å². The molecule has 26 heavy (non-hydrogen) atoms. The summed E-state index contributed by atoms with van der Waals surface area (Å²) in [6.45, 7) is 11.7. The lowest BCUT2D eigenvalue weighted by Crippen LogP contribution is -2.42. The highest BCUT2D eigenvalue weighted by atomic mass is 35.5. The fourth-order valence-electron chi connectivity index (χ4n) is 2.69. The maximum atomic E-state index is 12.1. The smallest absolute Gasteiger partial charge is 0.410 e. The quantitative estimate of drug-likeness (QED) is 0.827. The van der Waals surface area contributed by atoms with Gasteiger partial charge in [0.2, 0.25) is 0 Å². The van der Waals surface area contributed by atoms with Crippen LogP contribution in [-0.4, -0.2) is 52.5 Å². The van der Waals surface area contributed by atoms with Crippen LogP contribution >= 0.6 is 11.6 Å². The Balaban J connectivity index is 1.85. The molecule has 1 saturated heterocycles. The van der Waals surface area contributed by atoms with E-state index in [-0.39, 0.29) is 12.2 Å². The molecule has 2 rings (SSSR count). The third-order valence-corrected chi connectivity index (χ3v) is 4.11. The van der Waals surface area contributed by atoms with Gasteiger partial charge in [0.05, 0.1) is 6.10 Å². The van der Waals surface area contributed by atoms with Gasteiger partial charge in [0.15, 0.2) is 5.15 Å². The molecule has 8 heteroatoms. The van der Waals surface area contributed by atoms with Gasteiger partial charge >= 0.3 is 6.09 Å². The number of anilines is 1. The molecular weight excluding hydrogens is 356 g/mol. The number of rotatable bonds is 5. The molecule has 146 valence electrons. The number of ether oxygens (including phenoxy) is 2. The van der Waals surface area contributed by atoms with Gasteiger partial charge in [-0.2, -0.15) is 0 Å². The molecule has 1 aromatic rings. The van der Waals surface area contributed by atoms with Crippen LogP contribution < -0.4 is 10.1 Å². The topological polar surface area (TPSA) is 76.6 Å². The Morgan fingerprint density at radius 2 is 2.00 bits per heavy atom. The van der Waals surface area contributed by atoms with Crippen molar-refractivity contribution in [3.05, 3.63) is 11.2 Å². The van der Waals surface area contributed by atoms with Gasteiger partial charge < -0.3 is 19.7 Å². The summed E-state index contributed by atoms with van der Waals surface area (Å²) in [6, 6.07) is 1.72. The number of hydrogen-bond acceptors (Lipinski definition) is 6. The summed E-state index contributed by atoms with van der Waals surface area (Å²) >= 11 is 5.95. The second-order valence-corrected chi connectivity index (χ2v) is 8.23. The first-order chi connectivity index (χ1) is 12.1. The molecule has 0 unspecified atom stereocenters. The van der Waals surface area contributed by atoms with Gasteiger partial charge in [-0.3, -0.25) is 0 Å². The van der Waals surface area contributed by atoms with E-state index in [1.54, 1.807) is 11.0 Å². The molecule has 1 N–H and O–H groups in total. The first-order valence-corrected chi connectivity index (χ1v) is 9.43. The zero-order valence-electron chi connectivity index (χ0n) is 16.2. The number of amides is 1. The second-order valence-electron chi connectivity index (χ2n) is 7.84. The number of carbonyl (C=O) groups excluding carboxylic acids is 1. The predicted octanol–water partition coefficient (Wildman–Crippen LogP) is 3.98. The molecule has 2 heterocycles. The number of hydrogen-bond donors (Lipinski definition) is 1. The first-order valence-electron chi connectivity index (χ1n) is 9.05. The molecular formula is C18H29ClN4O3. The lowest BCUT2D eigenvalue weighted by atomic mass is 9.97. The number of piperidine rings is 1. The number of halogens is 1. The maximum Gasteiger partial charge on any atom is 0.410 e. The second kappa shape index (κ2) is 8.75. The van der Waals surface area contributed by atoms with Crippen LogP contribution in [0.5, 0.6) is 5.88 Å². The number of nitrogens with one attached hydrogen (secondary N) is 1. The highest BCUT2D eigenvalue weighted by Gasteiger charge is 2.27. The van der Waals surface area contributed by atoms with Crippen LogP contribution in [0.4, 0.5) is 10.5 Å². The average Bonchev–Trinajstić information content (AvgIpc) is 2.53. The predicted molar refractivity (Wildman–Crippen MR) is 102 cm³/mol. The zero-order valence-corrected chi connectivity index (χ0v) is 17.0. The molecule has 0 spiro atoms.